The summed E-state index contributed by atoms with van der Waals surface area (Å²) in [6.07, 6.45) is -10.00. The fourth-order valence-electron chi connectivity index (χ4n) is 2.06. The summed E-state index contributed by atoms with van der Waals surface area (Å²) >= 11 is 0. The van der Waals surface area contributed by atoms with Gasteiger partial charge in [-0.15, -0.1) is 0 Å². The van der Waals surface area contributed by atoms with Crippen molar-refractivity contribution in [1.82, 2.24) is 0 Å². The minimum absolute atomic E-state index is 0.262. The van der Waals surface area contributed by atoms with Crippen molar-refractivity contribution in [3.8, 4) is 0 Å². The number of aliphatic hydroxyl groups is 6. The van der Waals surface area contributed by atoms with Gasteiger partial charge in [-0.1, -0.05) is 0 Å². The van der Waals surface area contributed by atoms with Crippen molar-refractivity contribution in [1.29, 1.82) is 0 Å². The molecule has 8 atom stereocenters. The summed E-state index contributed by atoms with van der Waals surface area (Å²) in [5, 5.41) is 55.9. The molecule has 0 radical (unpaired) electrons. The molecule has 0 saturated carbocycles. The van der Waals surface area contributed by atoms with Gasteiger partial charge in [-0.3, -0.25) is 0 Å². The van der Waals surface area contributed by atoms with Crippen molar-refractivity contribution in [3.05, 3.63) is 0 Å². The molecule has 0 aromatic carbocycles. The van der Waals surface area contributed by atoms with Crippen LogP contribution in [0.15, 0.2) is 0 Å². The summed E-state index contributed by atoms with van der Waals surface area (Å²) in [4.78, 5) is 0. The molecule has 6 N–H and O–H groups in total. The van der Waals surface area contributed by atoms with Gasteiger partial charge in [-0.2, -0.15) is 0 Å². The van der Waals surface area contributed by atoms with Gasteiger partial charge in [-0.05, 0) is 0 Å². The lowest BCUT2D eigenvalue weighted by Crippen LogP contribution is -2.38. The molecule has 112 valence electrons. The molecule has 0 aromatic heterocycles. The number of hydrogen-bond donors (Lipinski definition) is 6. The van der Waals surface area contributed by atoms with E-state index in [0.717, 1.165) is 0 Å². The maximum absolute atomic E-state index is 9.59. The van der Waals surface area contributed by atoms with E-state index in [1.54, 1.807) is 0 Å². The second-order valence-electron chi connectivity index (χ2n) is 4.59. The van der Waals surface area contributed by atoms with Crippen LogP contribution in [-0.2, 0) is 14.2 Å². The van der Waals surface area contributed by atoms with Crippen LogP contribution in [0.1, 0.15) is 0 Å². The van der Waals surface area contributed by atoms with Gasteiger partial charge in [0, 0.05) is 0 Å². The highest BCUT2D eigenvalue weighted by molar-refractivity contribution is 4.88. The predicted molar refractivity (Wildman–Crippen MR) is 56.6 cm³/mol. The average molecular weight is 282 g/mol. The highest BCUT2D eigenvalue weighted by atomic mass is 16.7. The molecule has 2 saturated heterocycles. The van der Waals surface area contributed by atoms with Crippen molar-refractivity contribution in [2.24, 2.45) is 0 Å². The molecule has 0 aromatic rings. The molecule has 9 nitrogen and oxygen atoms in total. The molecular weight excluding hydrogens is 264 g/mol. The van der Waals surface area contributed by atoms with Crippen LogP contribution in [0.25, 0.3) is 0 Å². The van der Waals surface area contributed by atoms with Crippen LogP contribution in [-0.4, -0.2) is 93.1 Å². The summed E-state index contributed by atoms with van der Waals surface area (Å²) in [6.45, 7) is -0.736. The lowest BCUT2D eigenvalue weighted by molar-refractivity contribution is -0.197. The van der Waals surface area contributed by atoms with Gasteiger partial charge >= 0.3 is 0 Å². The zero-order valence-corrected chi connectivity index (χ0v) is 9.94. The normalized spacial score (nSPS) is 50.8. The highest BCUT2D eigenvalue weighted by Gasteiger charge is 2.46. The van der Waals surface area contributed by atoms with E-state index in [1.165, 1.54) is 0 Å². The van der Waals surface area contributed by atoms with Crippen molar-refractivity contribution < 1.29 is 44.8 Å². The number of hydrogen-bond acceptors (Lipinski definition) is 9. The molecule has 0 aliphatic carbocycles. The zero-order valence-electron chi connectivity index (χ0n) is 9.94. The Hall–Kier alpha value is -0.360. The summed E-state index contributed by atoms with van der Waals surface area (Å²) < 4.78 is 15.0. The quantitative estimate of drug-likeness (QED) is 0.302. The van der Waals surface area contributed by atoms with E-state index in [0.29, 0.717) is 0 Å². The maximum Gasteiger partial charge on any atom is 0.186 e. The van der Waals surface area contributed by atoms with E-state index in [9.17, 15) is 20.4 Å². The lowest BCUT2D eigenvalue weighted by atomic mass is 10.1. The Morgan fingerprint density at radius 1 is 0.789 bits per heavy atom. The molecule has 0 amide bonds. The van der Waals surface area contributed by atoms with Gasteiger partial charge in [0.2, 0.25) is 0 Å². The van der Waals surface area contributed by atoms with Gasteiger partial charge in [0.15, 0.2) is 12.6 Å². The van der Waals surface area contributed by atoms with Gasteiger partial charge in [0.1, 0.15) is 36.6 Å². The van der Waals surface area contributed by atoms with Gasteiger partial charge in [-0.25, -0.2) is 0 Å². The third-order valence-corrected chi connectivity index (χ3v) is 3.26. The zero-order chi connectivity index (χ0) is 14.2. The standard InChI is InChI=1S/C10H18O9/c11-1-3-5(12)8(15)10(19-3)17-2-4-6(13)7(14)9(16)18-4/h3-16H,1-2H2/t3-,4-,5+,6+,7?,8?,9+,10+/m0/s1. The summed E-state index contributed by atoms with van der Waals surface area (Å²) in [6, 6.07) is 0. The van der Waals surface area contributed by atoms with Crippen molar-refractivity contribution >= 4 is 0 Å². The smallest absolute Gasteiger partial charge is 0.186 e. The van der Waals surface area contributed by atoms with Crippen molar-refractivity contribution in [2.45, 2.75) is 49.2 Å². The summed E-state index contributed by atoms with van der Waals surface area (Å²) in [5.41, 5.74) is 0. The maximum atomic E-state index is 9.59. The molecule has 2 fully saturated rings. The van der Waals surface area contributed by atoms with Crippen LogP contribution in [0.3, 0.4) is 0 Å². The molecule has 9 heteroatoms. The number of rotatable bonds is 4. The van der Waals surface area contributed by atoms with Gasteiger partial charge < -0.3 is 44.8 Å². The SMILES string of the molecule is OC[C@@H]1O[C@@H](OC[C@@H]2O[C@@H](O)C(O)[C@@H]2O)C(O)[C@@H]1O. The summed E-state index contributed by atoms with van der Waals surface area (Å²) in [7, 11) is 0. The average Bonchev–Trinajstić information content (AvgIpc) is 2.81. The third kappa shape index (κ3) is 2.89. The molecule has 2 heterocycles. The first-order valence-corrected chi connectivity index (χ1v) is 5.89. The first-order valence-electron chi connectivity index (χ1n) is 5.89. The topological polar surface area (TPSA) is 149 Å². The van der Waals surface area contributed by atoms with Crippen LogP contribution >= 0.6 is 0 Å². The molecule has 2 unspecified atom stereocenters. The van der Waals surface area contributed by atoms with E-state index in [2.05, 4.69) is 0 Å². The predicted octanol–water partition coefficient (Wildman–Crippen LogP) is -4.12. The Balaban J connectivity index is 1.83. The Labute approximate surface area is 108 Å². The second-order valence-corrected chi connectivity index (χ2v) is 4.59. The minimum atomic E-state index is -1.51. The van der Waals surface area contributed by atoms with Crippen LogP contribution in [0, 0.1) is 0 Å². The Morgan fingerprint density at radius 3 is 1.89 bits per heavy atom. The van der Waals surface area contributed by atoms with E-state index < -0.39 is 55.8 Å². The van der Waals surface area contributed by atoms with Gasteiger partial charge in [0.05, 0.1) is 13.2 Å². The molecule has 2 aliphatic rings. The molecule has 2 aliphatic heterocycles. The summed E-state index contributed by atoms with van der Waals surface area (Å²) in [5.74, 6) is 0. The van der Waals surface area contributed by atoms with Crippen molar-refractivity contribution in [2.75, 3.05) is 13.2 Å². The van der Waals surface area contributed by atoms with E-state index >= 15 is 0 Å². The molecule has 0 spiro atoms. The number of ether oxygens (including phenoxy) is 3. The largest absolute Gasteiger partial charge is 0.394 e. The minimum Gasteiger partial charge on any atom is -0.394 e. The van der Waals surface area contributed by atoms with Crippen LogP contribution in [0.4, 0.5) is 0 Å². The fraction of sp³-hybridized carbons (Fsp3) is 1.00. The molecule has 19 heavy (non-hydrogen) atoms. The number of aliphatic hydroxyl groups excluding tert-OH is 6. The highest BCUT2D eigenvalue weighted by Crippen LogP contribution is 2.24. The van der Waals surface area contributed by atoms with Crippen molar-refractivity contribution in [3.63, 3.8) is 0 Å². The van der Waals surface area contributed by atoms with Crippen LogP contribution in [0.2, 0.25) is 0 Å². The molecule has 2 rings (SSSR count). The first-order chi connectivity index (χ1) is 8.95. The fourth-order valence-corrected chi connectivity index (χ4v) is 2.06. The van der Waals surface area contributed by atoms with E-state index in [1.807, 2.05) is 0 Å². The Kier molecular flexibility index (Phi) is 4.71. The Morgan fingerprint density at radius 2 is 1.42 bits per heavy atom. The Bertz CT molecular complexity index is 301. The molecular formula is C10H18O9. The molecule has 0 bridgehead atoms. The van der Waals surface area contributed by atoms with E-state index in [4.69, 9.17) is 24.4 Å². The van der Waals surface area contributed by atoms with Crippen LogP contribution in [0.5, 0.6) is 0 Å². The second kappa shape index (κ2) is 5.95. The monoisotopic (exact) mass is 282 g/mol. The lowest BCUT2D eigenvalue weighted by Gasteiger charge is -2.19. The van der Waals surface area contributed by atoms with E-state index in [-0.39, 0.29) is 6.61 Å². The van der Waals surface area contributed by atoms with Gasteiger partial charge in [0.25, 0.3) is 0 Å². The first kappa shape index (κ1) is 15.0. The van der Waals surface area contributed by atoms with Crippen LogP contribution < -0.4 is 0 Å². The third-order valence-electron chi connectivity index (χ3n) is 3.26.